The minimum absolute atomic E-state index is 0.282. The summed E-state index contributed by atoms with van der Waals surface area (Å²) in [6.07, 6.45) is 3.89. The summed E-state index contributed by atoms with van der Waals surface area (Å²) in [7, 11) is 0. The van der Waals surface area contributed by atoms with Crippen molar-refractivity contribution in [3.05, 3.63) is 52.9 Å². The molecular formula is C12H13ClN4. The van der Waals surface area contributed by atoms with E-state index in [1.54, 1.807) is 24.5 Å². The predicted molar refractivity (Wildman–Crippen MR) is 68.5 cm³/mol. The van der Waals surface area contributed by atoms with Gasteiger partial charge in [-0.2, -0.15) is 0 Å². The molecule has 88 valence electrons. The van der Waals surface area contributed by atoms with E-state index in [-0.39, 0.29) is 6.04 Å². The Morgan fingerprint density at radius 1 is 1.18 bits per heavy atom. The Morgan fingerprint density at radius 2 is 1.88 bits per heavy atom. The Kier molecular flexibility index (Phi) is 3.56. The van der Waals surface area contributed by atoms with Crippen LogP contribution in [0.4, 0.5) is 5.82 Å². The molecule has 2 aromatic heterocycles. The van der Waals surface area contributed by atoms with Crippen molar-refractivity contribution in [3.63, 3.8) is 0 Å². The lowest BCUT2D eigenvalue weighted by molar-refractivity contribution is 0.696. The zero-order chi connectivity index (χ0) is 12.3. The van der Waals surface area contributed by atoms with E-state index in [0.717, 1.165) is 5.56 Å². The molecule has 0 aliphatic carbocycles. The molecule has 2 rings (SSSR count). The number of aromatic nitrogens is 2. The van der Waals surface area contributed by atoms with Gasteiger partial charge in [-0.05, 0) is 30.2 Å². The van der Waals surface area contributed by atoms with E-state index in [4.69, 9.17) is 23.1 Å². The number of halogens is 1. The summed E-state index contributed by atoms with van der Waals surface area (Å²) >= 11 is 6.04. The molecule has 2 heterocycles. The zero-order valence-corrected chi connectivity index (χ0v) is 9.93. The second kappa shape index (κ2) is 5.12. The Bertz CT molecular complexity index is 515. The summed E-state index contributed by atoms with van der Waals surface area (Å²) in [4.78, 5) is 8.20. The van der Waals surface area contributed by atoms with E-state index in [2.05, 4.69) is 9.97 Å². The first-order valence-electron chi connectivity index (χ1n) is 5.24. The summed E-state index contributed by atoms with van der Waals surface area (Å²) in [5.74, 6) is 0.495. The monoisotopic (exact) mass is 248 g/mol. The Morgan fingerprint density at radius 3 is 2.59 bits per heavy atom. The average Bonchev–Trinajstić information content (AvgIpc) is 2.32. The maximum atomic E-state index is 6.07. The van der Waals surface area contributed by atoms with Crippen LogP contribution in [0.25, 0.3) is 0 Å². The zero-order valence-electron chi connectivity index (χ0n) is 9.18. The first kappa shape index (κ1) is 11.8. The maximum absolute atomic E-state index is 6.07. The van der Waals surface area contributed by atoms with Gasteiger partial charge in [0.1, 0.15) is 5.82 Å². The van der Waals surface area contributed by atoms with Crippen LogP contribution in [-0.2, 0) is 6.42 Å². The van der Waals surface area contributed by atoms with E-state index in [1.165, 1.54) is 0 Å². The fourth-order valence-corrected chi connectivity index (χ4v) is 1.89. The van der Waals surface area contributed by atoms with Crippen molar-refractivity contribution in [2.24, 2.45) is 5.73 Å². The largest absolute Gasteiger partial charge is 0.383 e. The fraction of sp³-hybridized carbons (Fsp3) is 0.167. The molecule has 4 nitrogen and oxygen atoms in total. The van der Waals surface area contributed by atoms with Crippen LogP contribution in [0, 0.1) is 0 Å². The lowest BCUT2D eigenvalue weighted by Crippen LogP contribution is -2.16. The van der Waals surface area contributed by atoms with Crippen molar-refractivity contribution in [1.29, 1.82) is 0 Å². The van der Waals surface area contributed by atoms with E-state index < -0.39 is 0 Å². The number of anilines is 1. The second-order valence-corrected chi connectivity index (χ2v) is 4.14. The lowest BCUT2D eigenvalue weighted by Gasteiger charge is -2.13. The Balaban J connectivity index is 2.20. The van der Waals surface area contributed by atoms with Crippen LogP contribution < -0.4 is 11.5 Å². The van der Waals surface area contributed by atoms with Crippen molar-refractivity contribution in [2.45, 2.75) is 12.5 Å². The third-order valence-corrected chi connectivity index (χ3v) is 2.82. The number of pyridine rings is 2. The summed E-state index contributed by atoms with van der Waals surface area (Å²) < 4.78 is 0. The molecular weight excluding hydrogens is 236 g/mol. The molecule has 0 radical (unpaired) electrons. The number of hydrogen-bond donors (Lipinski definition) is 2. The van der Waals surface area contributed by atoms with Crippen LogP contribution >= 0.6 is 11.6 Å². The highest BCUT2D eigenvalue weighted by atomic mass is 35.5. The molecule has 0 bridgehead atoms. The van der Waals surface area contributed by atoms with Gasteiger partial charge in [-0.3, -0.25) is 4.98 Å². The van der Waals surface area contributed by atoms with Gasteiger partial charge in [0, 0.05) is 12.4 Å². The second-order valence-electron chi connectivity index (χ2n) is 3.73. The number of hydrogen-bond acceptors (Lipinski definition) is 4. The molecule has 17 heavy (non-hydrogen) atoms. The fourth-order valence-electron chi connectivity index (χ4n) is 1.63. The topological polar surface area (TPSA) is 77.8 Å². The van der Waals surface area contributed by atoms with Crippen molar-refractivity contribution < 1.29 is 0 Å². The van der Waals surface area contributed by atoms with Gasteiger partial charge in [0.15, 0.2) is 0 Å². The minimum Gasteiger partial charge on any atom is -0.383 e. The molecule has 0 saturated heterocycles. The van der Waals surface area contributed by atoms with Gasteiger partial charge < -0.3 is 11.5 Å². The van der Waals surface area contributed by atoms with Crippen molar-refractivity contribution in [1.82, 2.24) is 9.97 Å². The Labute approximate surface area is 105 Å². The lowest BCUT2D eigenvalue weighted by atomic mass is 10.0. The van der Waals surface area contributed by atoms with Crippen LogP contribution in [0.5, 0.6) is 0 Å². The van der Waals surface area contributed by atoms with Crippen LogP contribution in [-0.4, -0.2) is 9.97 Å². The third kappa shape index (κ3) is 2.72. The normalized spacial score (nSPS) is 12.4. The number of nitrogen functional groups attached to an aromatic ring is 1. The highest BCUT2D eigenvalue weighted by Gasteiger charge is 2.13. The highest BCUT2D eigenvalue weighted by molar-refractivity contribution is 6.31. The van der Waals surface area contributed by atoms with Crippen molar-refractivity contribution in [2.75, 3.05) is 5.73 Å². The maximum Gasteiger partial charge on any atom is 0.126 e. The molecule has 4 N–H and O–H groups in total. The molecule has 0 spiro atoms. The van der Waals surface area contributed by atoms with Crippen LogP contribution in [0.2, 0.25) is 5.02 Å². The molecule has 0 aliphatic rings. The van der Waals surface area contributed by atoms with E-state index in [0.29, 0.717) is 23.0 Å². The van der Waals surface area contributed by atoms with E-state index in [1.807, 2.05) is 12.1 Å². The van der Waals surface area contributed by atoms with Crippen LogP contribution in [0.3, 0.4) is 0 Å². The quantitative estimate of drug-likeness (QED) is 0.870. The average molecular weight is 249 g/mol. The first-order valence-corrected chi connectivity index (χ1v) is 5.61. The summed E-state index contributed by atoms with van der Waals surface area (Å²) in [6, 6.07) is 7.00. The molecule has 0 fully saturated rings. The van der Waals surface area contributed by atoms with Crippen molar-refractivity contribution in [3.8, 4) is 0 Å². The van der Waals surface area contributed by atoms with Gasteiger partial charge in [-0.25, -0.2) is 4.98 Å². The van der Waals surface area contributed by atoms with Crippen molar-refractivity contribution >= 4 is 17.4 Å². The van der Waals surface area contributed by atoms with Crippen LogP contribution in [0.15, 0.2) is 36.7 Å². The van der Waals surface area contributed by atoms with Gasteiger partial charge in [0.05, 0.1) is 16.8 Å². The van der Waals surface area contributed by atoms with Crippen LogP contribution in [0.1, 0.15) is 17.3 Å². The smallest absolute Gasteiger partial charge is 0.126 e. The molecule has 0 saturated carbocycles. The summed E-state index contributed by atoms with van der Waals surface area (Å²) in [5, 5.41) is 0.572. The minimum atomic E-state index is -0.282. The number of nitrogens with zero attached hydrogens (tertiary/aromatic N) is 2. The van der Waals surface area contributed by atoms with E-state index in [9.17, 15) is 0 Å². The predicted octanol–water partition coefficient (Wildman–Crippen LogP) is 1.95. The van der Waals surface area contributed by atoms with Gasteiger partial charge in [-0.15, -0.1) is 0 Å². The molecule has 1 atom stereocenters. The molecule has 2 aromatic rings. The van der Waals surface area contributed by atoms with Gasteiger partial charge >= 0.3 is 0 Å². The highest BCUT2D eigenvalue weighted by Crippen LogP contribution is 2.22. The first-order chi connectivity index (χ1) is 8.18. The molecule has 5 heteroatoms. The van der Waals surface area contributed by atoms with Gasteiger partial charge in [0.2, 0.25) is 0 Å². The standard InChI is InChI=1S/C12H13ClN4/c13-9-4-2-5-16-11(9)10(14)7-8-3-1-6-17-12(8)15/h1-6,10H,7,14H2,(H2,15,17). The SMILES string of the molecule is Nc1ncccc1CC(N)c1ncccc1Cl. The molecule has 0 amide bonds. The van der Waals surface area contributed by atoms with E-state index >= 15 is 0 Å². The summed E-state index contributed by atoms with van der Waals surface area (Å²) in [6.45, 7) is 0. The number of rotatable bonds is 3. The molecule has 1 unspecified atom stereocenters. The number of nitrogens with two attached hydrogens (primary N) is 2. The van der Waals surface area contributed by atoms with Gasteiger partial charge in [0.25, 0.3) is 0 Å². The Hall–Kier alpha value is -1.65. The molecule has 0 aromatic carbocycles. The third-order valence-electron chi connectivity index (χ3n) is 2.50. The summed E-state index contributed by atoms with van der Waals surface area (Å²) in [5.41, 5.74) is 13.4. The molecule has 0 aliphatic heterocycles. The van der Waals surface area contributed by atoms with Gasteiger partial charge in [-0.1, -0.05) is 17.7 Å².